The number of benzene rings is 1. The van der Waals surface area contributed by atoms with E-state index in [1.165, 1.54) is 0 Å². The lowest BCUT2D eigenvalue weighted by molar-refractivity contribution is -0.128. The Balaban J connectivity index is 1.56. The third-order valence-corrected chi connectivity index (χ3v) is 4.80. The second-order valence-corrected chi connectivity index (χ2v) is 6.63. The van der Waals surface area contributed by atoms with E-state index in [1.807, 2.05) is 31.2 Å². The number of imide groups is 1. The molecule has 1 aromatic carbocycles. The summed E-state index contributed by atoms with van der Waals surface area (Å²) >= 11 is 0. The van der Waals surface area contributed by atoms with E-state index in [2.05, 4.69) is 16.0 Å². The lowest BCUT2D eigenvalue weighted by Crippen LogP contribution is -2.50. The number of rotatable bonds is 5. The Morgan fingerprint density at radius 3 is 2.72 bits per heavy atom. The fraction of sp³-hybridized carbons (Fsp3) is 0.500. The van der Waals surface area contributed by atoms with Crippen LogP contribution in [0.4, 0.5) is 10.5 Å². The van der Waals surface area contributed by atoms with Gasteiger partial charge in [-0.25, -0.2) is 4.79 Å². The molecule has 3 rings (SSSR count). The maximum absolute atomic E-state index is 12.5. The van der Waals surface area contributed by atoms with E-state index < -0.39 is 11.6 Å². The molecule has 1 aliphatic heterocycles. The molecule has 0 unspecified atom stereocenters. The normalized spacial score (nSPS) is 25.4. The van der Waals surface area contributed by atoms with Crippen LogP contribution in [-0.4, -0.2) is 30.0 Å². The first kappa shape index (κ1) is 17.3. The zero-order valence-electron chi connectivity index (χ0n) is 14.3. The second-order valence-electron chi connectivity index (χ2n) is 6.63. The number of hydrogen-bond donors (Lipinski definition) is 3. The van der Waals surface area contributed by atoms with Gasteiger partial charge in [0.15, 0.2) is 0 Å². The van der Waals surface area contributed by atoms with Gasteiger partial charge in [0.05, 0.1) is 6.61 Å². The lowest BCUT2D eigenvalue weighted by Gasteiger charge is -2.33. The van der Waals surface area contributed by atoms with Crippen LogP contribution in [0.2, 0.25) is 0 Å². The molecule has 0 atom stereocenters. The Kier molecular flexibility index (Phi) is 4.92. The Morgan fingerprint density at radius 2 is 2.08 bits per heavy atom. The molecule has 2 fully saturated rings. The molecule has 1 aliphatic carbocycles. The summed E-state index contributed by atoms with van der Waals surface area (Å²) in [6.07, 6.45) is 2.99. The van der Waals surface area contributed by atoms with Gasteiger partial charge in [-0.3, -0.25) is 14.9 Å². The fourth-order valence-electron chi connectivity index (χ4n) is 3.38. The molecule has 7 nitrogen and oxygen atoms in total. The Bertz CT molecular complexity index is 681. The van der Waals surface area contributed by atoms with E-state index in [9.17, 15) is 14.4 Å². The van der Waals surface area contributed by atoms with Crippen molar-refractivity contribution < 1.29 is 19.1 Å². The highest BCUT2D eigenvalue weighted by molar-refractivity contribution is 6.07. The molecule has 0 aromatic heterocycles. The summed E-state index contributed by atoms with van der Waals surface area (Å²) < 4.78 is 5.57. The lowest BCUT2D eigenvalue weighted by atomic mass is 9.76. The highest BCUT2D eigenvalue weighted by atomic mass is 16.5. The molecule has 1 aromatic rings. The number of amides is 4. The third-order valence-electron chi connectivity index (χ3n) is 4.80. The molecular formula is C18H23N3O4. The zero-order chi connectivity index (χ0) is 17.9. The van der Waals surface area contributed by atoms with Gasteiger partial charge in [-0.1, -0.05) is 13.0 Å². The van der Waals surface area contributed by atoms with Crippen molar-refractivity contribution in [3.05, 3.63) is 24.3 Å². The maximum atomic E-state index is 12.5. The summed E-state index contributed by atoms with van der Waals surface area (Å²) in [5, 5.41) is 7.91. The van der Waals surface area contributed by atoms with Crippen LogP contribution in [0.5, 0.6) is 5.75 Å². The predicted octanol–water partition coefficient (Wildman–Crippen LogP) is 2.18. The van der Waals surface area contributed by atoms with Crippen LogP contribution >= 0.6 is 0 Å². The van der Waals surface area contributed by atoms with Gasteiger partial charge in [-0.2, -0.15) is 0 Å². The van der Waals surface area contributed by atoms with Gasteiger partial charge in [0.2, 0.25) is 5.91 Å². The molecule has 1 saturated heterocycles. The molecule has 3 N–H and O–H groups in total. The maximum Gasteiger partial charge on any atom is 0.322 e. The number of anilines is 1. The van der Waals surface area contributed by atoms with Crippen molar-refractivity contribution in [1.82, 2.24) is 10.6 Å². The van der Waals surface area contributed by atoms with Gasteiger partial charge in [0, 0.05) is 17.7 Å². The smallest absolute Gasteiger partial charge is 0.322 e. The van der Waals surface area contributed by atoms with Crippen molar-refractivity contribution in [3.63, 3.8) is 0 Å². The zero-order valence-corrected chi connectivity index (χ0v) is 14.3. The first-order chi connectivity index (χ1) is 12.0. The van der Waals surface area contributed by atoms with Gasteiger partial charge >= 0.3 is 6.03 Å². The molecule has 0 radical (unpaired) electrons. The van der Waals surface area contributed by atoms with Crippen LogP contribution in [0, 0.1) is 5.92 Å². The van der Waals surface area contributed by atoms with E-state index >= 15 is 0 Å². The minimum atomic E-state index is -0.832. The van der Waals surface area contributed by atoms with E-state index in [-0.39, 0.29) is 17.7 Å². The molecule has 2 aliphatic rings. The summed E-state index contributed by atoms with van der Waals surface area (Å²) in [4.78, 5) is 35.8. The number of carbonyl (C=O) groups excluding carboxylic acids is 3. The standard InChI is InChI=1S/C18H23N3O4/c1-2-10-25-14-5-3-4-13(11-14)19-15(22)12-6-8-18(9-7-12)16(23)20-17(24)21-18/h3-5,11-12H,2,6-10H2,1H3,(H,19,22)(H2,20,21,23,24). The van der Waals surface area contributed by atoms with Crippen LogP contribution in [-0.2, 0) is 9.59 Å². The summed E-state index contributed by atoms with van der Waals surface area (Å²) in [6, 6.07) is 6.89. The molecule has 1 spiro atoms. The number of ether oxygens (including phenoxy) is 1. The fourth-order valence-corrected chi connectivity index (χ4v) is 3.38. The van der Waals surface area contributed by atoms with Gasteiger partial charge in [0.1, 0.15) is 11.3 Å². The van der Waals surface area contributed by atoms with Crippen LogP contribution in [0.1, 0.15) is 39.0 Å². The van der Waals surface area contributed by atoms with Crippen molar-refractivity contribution in [2.24, 2.45) is 5.92 Å². The largest absolute Gasteiger partial charge is 0.494 e. The topological polar surface area (TPSA) is 96.5 Å². The summed E-state index contributed by atoms with van der Waals surface area (Å²) in [5.41, 5.74) is -0.132. The van der Waals surface area contributed by atoms with Crippen LogP contribution in [0.15, 0.2) is 24.3 Å². The Hall–Kier alpha value is -2.57. The predicted molar refractivity (Wildman–Crippen MR) is 92.2 cm³/mol. The molecular weight excluding hydrogens is 322 g/mol. The van der Waals surface area contributed by atoms with Gasteiger partial charge in [-0.15, -0.1) is 0 Å². The van der Waals surface area contributed by atoms with Crippen molar-refractivity contribution >= 4 is 23.5 Å². The highest BCUT2D eigenvalue weighted by Crippen LogP contribution is 2.34. The molecule has 0 bridgehead atoms. The first-order valence-corrected chi connectivity index (χ1v) is 8.70. The SMILES string of the molecule is CCCOc1cccc(NC(=O)C2CCC3(CC2)NC(=O)NC3=O)c1. The average molecular weight is 345 g/mol. The van der Waals surface area contributed by atoms with Crippen molar-refractivity contribution in [2.45, 2.75) is 44.6 Å². The Labute approximate surface area is 146 Å². The van der Waals surface area contributed by atoms with Gasteiger partial charge in [0.25, 0.3) is 5.91 Å². The minimum Gasteiger partial charge on any atom is -0.494 e. The number of hydrogen-bond acceptors (Lipinski definition) is 4. The minimum absolute atomic E-state index is 0.0628. The van der Waals surface area contributed by atoms with E-state index in [0.717, 1.165) is 12.2 Å². The van der Waals surface area contributed by atoms with Crippen molar-refractivity contribution in [2.75, 3.05) is 11.9 Å². The number of carbonyl (C=O) groups is 3. The first-order valence-electron chi connectivity index (χ1n) is 8.70. The van der Waals surface area contributed by atoms with E-state index in [1.54, 1.807) is 0 Å². The second kappa shape index (κ2) is 7.13. The van der Waals surface area contributed by atoms with Gasteiger partial charge in [-0.05, 0) is 44.2 Å². The van der Waals surface area contributed by atoms with E-state index in [4.69, 9.17) is 4.74 Å². The molecule has 4 amide bonds. The highest BCUT2D eigenvalue weighted by Gasteiger charge is 2.48. The summed E-state index contributed by atoms with van der Waals surface area (Å²) in [6.45, 7) is 2.67. The Morgan fingerprint density at radius 1 is 1.32 bits per heavy atom. The van der Waals surface area contributed by atoms with Crippen LogP contribution in [0.3, 0.4) is 0 Å². The van der Waals surface area contributed by atoms with Crippen molar-refractivity contribution in [1.29, 1.82) is 0 Å². The molecule has 7 heteroatoms. The molecule has 25 heavy (non-hydrogen) atoms. The molecule has 1 heterocycles. The number of nitrogens with one attached hydrogen (secondary N) is 3. The third kappa shape index (κ3) is 3.75. The van der Waals surface area contributed by atoms with E-state index in [0.29, 0.717) is 38.0 Å². The average Bonchev–Trinajstić information content (AvgIpc) is 2.87. The van der Waals surface area contributed by atoms with Crippen molar-refractivity contribution in [3.8, 4) is 5.75 Å². The molecule has 1 saturated carbocycles. The number of urea groups is 1. The summed E-state index contributed by atoms with van der Waals surface area (Å²) in [5.74, 6) is 0.216. The van der Waals surface area contributed by atoms with Gasteiger partial charge < -0.3 is 15.4 Å². The molecule has 134 valence electrons. The quantitative estimate of drug-likeness (QED) is 0.713. The monoisotopic (exact) mass is 345 g/mol. The van der Waals surface area contributed by atoms with Crippen LogP contribution in [0.25, 0.3) is 0 Å². The van der Waals surface area contributed by atoms with Crippen LogP contribution < -0.4 is 20.7 Å². The summed E-state index contributed by atoms with van der Waals surface area (Å²) in [7, 11) is 0.